The second-order valence-corrected chi connectivity index (χ2v) is 8.98. The highest BCUT2D eigenvalue weighted by Gasteiger charge is 2.26. The van der Waals surface area contributed by atoms with Gasteiger partial charge in [0.15, 0.2) is 0 Å². The smallest absolute Gasteiger partial charge is 0.270 e. The van der Waals surface area contributed by atoms with Crippen LogP contribution >= 0.6 is 11.6 Å². The van der Waals surface area contributed by atoms with Crippen LogP contribution < -0.4 is 4.72 Å². The highest BCUT2D eigenvalue weighted by molar-refractivity contribution is 7.89. The zero-order valence-corrected chi connectivity index (χ0v) is 17.2. The molecular formula is C18H22ClFN4O3S. The van der Waals surface area contributed by atoms with Crippen molar-refractivity contribution in [2.24, 2.45) is 7.05 Å². The number of sulfonamides is 1. The zero-order valence-electron chi connectivity index (χ0n) is 15.7. The maximum atomic E-state index is 13.2. The molecule has 0 spiro atoms. The van der Waals surface area contributed by atoms with Crippen molar-refractivity contribution in [1.82, 2.24) is 19.1 Å². The third kappa shape index (κ3) is 4.38. The molecule has 0 saturated carbocycles. The standard InChI is InChI=1S/C18H22ClFN4O3S/c1-21-28(26,27)15-10-17(22(2)12-15)18(25)24-7-5-23(6-8-24)11-13-3-4-14(20)9-16(13)19/h3-4,9-10,12,21H,5-8,11H2,1-2H3. The van der Waals surface area contributed by atoms with Crippen LogP contribution in [0, 0.1) is 5.82 Å². The Labute approximate surface area is 168 Å². The maximum absolute atomic E-state index is 13.2. The van der Waals surface area contributed by atoms with E-state index in [0.29, 0.717) is 43.4 Å². The highest BCUT2D eigenvalue weighted by Crippen LogP contribution is 2.21. The van der Waals surface area contributed by atoms with Crippen molar-refractivity contribution in [2.75, 3.05) is 33.2 Å². The highest BCUT2D eigenvalue weighted by atomic mass is 35.5. The molecule has 1 aromatic carbocycles. The van der Waals surface area contributed by atoms with E-state index in [1.807, 2.05) is 0 Å². The predicted molar refractivity (Wildman–Crippen MR) is 104 cm³/mol. The minimum Gasteiger partial charge on any atom is -0.345 e. The van der Waals surface area contributed by atoms with E-state index in [0.717, 1.165) is 5.56 Å². The molecule has 1 fully saturated rings. The lowest BCUT2D eigenvalue weighted by molar-refractivity contribution is 0.0619. The number of amides is 1. The number of benzene rings is 1. The van der Waals surface area contributed by atoms with Crippen LogP contribution in [0.1, 0.15) is 16.1 Å². The predicted octanol–water partition coefficient (Wildman–Crippen LogP) is 1.68. The second-order valence-electron chi connectivity index (χ2n) is 6.68. The lowest BCUT2D eigenvalue weighted by Crippen LogP contribution is -2.48. The molecule has 10 heteroatoms. The van der Waals surface area contributed by atoms with Gasteiger partial charge in [0.05, 0.1) is 0 Å². The number of nitrogens with zero attached hydrogens (tertiary/aromatic N) is 3. The molecule has 7 nitrogen and oxygen atoms in total. The summed E-state index contributed by atoms with van der Waals surface area (Å²) >= 11 is 6.09. The molecule has 0 atom stereocenters. The van der Waals surface area contributed by atoms with Gasteiger partial charge in [0.25, 0.3) is 5.91 Å². The van der Waals surface area contributed by atoms with Gasteiger partial charge in [-0.3, -0.25) is 9.69 Å². The summed E-state index contributed by atoms with van der Waals surface area (Å²) in [6.07, 6.45) is 1.42. The number of rotatable bonds is 5. The van der Waals surface area contributed by atoms with E-state index in [2.05, 4.69) is 9.62 Å². The quantitative estimate of drug-likeness (QED) is 0.786. The van der Waals surface area contributed by atoms with Gasteiger partial charge in [0.2, 0.25) is 10.0 Å². The van der Waals surface area contributed by atoms with E-state index in [-0.39, 0.29) is 16.6 Å². The lowest BCUT2D eigenvalue weighted by Gasteiger charge is -2.35. The van der Waals surface area contributed by atoms with Crippen LogP contribution in [0.3, 0.4) is 0 Å². The normalized spacial score (nSPS) is 15.8. The molecule has 1 N–H and O–H groups in total. The van der Waals surface area contributed by atoms with Crippen LogP contribution in [0.5, 0.6) is 0 Å². The van der Waals surface area contributed by atoms with E-state index >= 15 is 0 Å². The number of piperazine rings is 1. The molecule has 1 aliphatic rings. The van der Waals surface area contributed by atoms with E-state index in [1.165, 1.54) is 36.0 Å². The average molecular weight is 429 g/mol. The van der Waals surface area contributed by atoms with Gasteiger partial charge >= 0.3 is 0 Å². The largest absolute Gasteiger partial charge is 0.345 e. The molecule has 0 radical (unpaired) electrons. The maximum Gasteiger partial charge on any atom is 0.270 e. The number of carbonyl (C=O) groups excluding carboxylic acids is 1. The summed E-state index contributed by atoms with van der Waals surface area (Å²) in [6, 6.07) is 5.73. The van der Waals surface area contributed by atoms with Gasteiger partial charge in [0.1, 0.15) is 16.4 Å². The number of aromatic nitrogens is 1. The number of hydrogen-bond donors (Lipinski definition) is 1. The number of halogens is 2. The first-order valence-electron chi connectivity index (χ1n) is 8.77. The first kappa shape index (κ1) is 20.8. The van der Waals surface area contributed by atoms with Crippen LogP contribution in [0.15, 0.2) is 35.4 Å². The van der Waals surface area contributed by atoms with E-state index < -0.39 is 10.0 Å². The fourth-order valence-corrected chi connectivity index (χ4v) is 4.20. The Morgan fingerprint density at radius 3 is 2.50 bits per heavy atom. The Kier molecular flexibility index (Phi) is 6.09. The molecule has 2 aromatic rings. The number of aryl methyl sites for hydroxylation is 1. The van der Waals surface area contributed by atoms with Gasteiger partial charge in [-0.1, -0.05) is 17.7 Å². The summed E-state index contributed by atoms with van der Waals surface area (Å²) in [5.41, 5.74) is 1.16. The monoisotopic (exact) mass is 428 g/mol. The number of nitrogens with one attached hydrogen (secondary N) is 1. The van der Waals surface area contributed by atoms with Crippen molar-refractivity contribution in [3.05, 3.63) is 52.6 Å². The molecule has 0 unspecified atom stereocenters. The molecular weight excluding hydrogens is 407 g/mol. The van der Waals surface area contributed by atoms with Gasteiger partial charge in [-0.25, -0.2) is 17.5 Å². The van der Waals surface area contributed by atoms with E-state index in [9.17, 15) is 17.6 Å². The molecule has 1 aliphatic heterocycles. The van der Waals surface area contributed by atoms with Crippen molar-refractivity contribution in [3.8, 4) is 0 Å². The fourth-order valence-electron chi connectivity index (χ4n) is 3.17. The van der Waals surface area contributed by atoms with Crippen LogP contribution in [0.2, 0.25) is 5.02 Å². The molecule has 3 rings (SSSR count). The average Bonchev–Trinajstić information content (AvgIpc) is 3.06. The van der Waals surface area contributed by atoms with Gasteiger partial charge in [-0.05, 0) is 30.8 Å². The first-order valence-corrected chi connectivity index (χ1v) is 10.6. The van der Waals surface area contributed by atoms with Crippen molar-refractivity contribution in [2.45, 2.75) is 11.4 Å². The molecule has 152 valence electrons. The van der Waals surface area contributed by atoms with Crippen molar-refractivity contribution in [3.63, 3.8) is 0 Å². The summed E-state index contributed by atoms with van der Waals surface area (Å²) in [5, 5.41) is 0.389. The summed E-state index contributed by atoms with van der Waals surface area (Å²) in [5.74, 6) is -0.578. The lowest BCUT2D eigenvalue weighted by atomic mass is 10.2. The summed E-state index contributed by atoms with van der Waals surface area (Å²) in [6.45, 7) is 2.89. The summed E-state index contributed by atoms with van der Waals surface area (Å²) < 4.78 is 40.8. The van der Waals surface area contributed by atoms with Crippen LogP contribution in [-0.4, -0.2) is 61.9 Å². The minimum absolute atomic E-state index is 0.0606. The molecule has 1 amide bonds. The van der Waals surface area contributed by atoms with Gasteiger partial charge in [-0.2, -0.15) is 0 Å². The Morgan fingerprint density at radius 1 is 1.21 bits per heavy atom. The van der Waals surface area contributed by atoms with Gasteiger partial charge < -0.3 is 9.47 Å². The van der Waals surface area contributed by atoms with Crippen LogP contribution in [0.4, 0.5) is 4.39 Å². The molecule has 0 bridgehead atoms. The topological polar surface area (TPSA) is 74.7 Å². The van der Waals surface area contributed by atoms with Crippen molar-refractivity contribution < 1.29 is 17.6 Å². The first-order chi connectivity index (χ1) is 13.2. The summed E-state index contributed by atoms with van der Waals surface area (Å²) in [7, 11) is -0.626. The molecule has 28 heavy (non-hydrogen) atoms. The fraction of sp³-hybridized carbons (Fsp3) is 0.389. The SMILES string of the molecule is CNS(=O)(=O)c1cc(C(=O)N2CCN(Cc3ccc(F)cc3Cl)CC2)n(C)c1. The number of hydrogen-bond acceptors (Lipinski definition) is 4. The van der Waals surface area contributed by atoms with Gasteiger partial charge in [0, 0.05) is 51.0 Å². The number of carbonyl (C=O) groups is 1. The molecule has 1 aromatic heterocycles. The summed E-state index contributed by atoms with van der Waals surface area (Å²) in [4.78, 5) is 16.7. The Balaban J connectivity index is 1.64. The van der Waals surface area contributed by atoms with Crippen LogP contribution in [-0.2, 0) is 23.6 Å². The minimum atomic E-state index is -3.60. The van der Waals surface area contributed by atoms with Crippen molar-refractivity contribution in [1.29, 1.82) is 0 Å². The molecule has 2 heterocycles. The van der Waals surface area contributed by atoms with Crippen molar-refractivity contribution >= 4 is 27.5 Å². The second kappa shape index (κ2) is 8.20. The third-order valence-corrected chi connectivity index (χ3v) is 6.58. The Bertz CT molecular complexity index is 985. The Hall–Kier alpha value is -1.94. The third-order valence-electron chi connectivity index (χ3n) is 4.85. The van der Waals surface area contributed by atoms with Gasteiger partial charge in [-0.15, -0.1) is 0 Å². The molecule has 0 aliphatic carbocycles. The van der Waals surface area contributed by atoms with Crippen LogP contribution in [0.25, 0.3) is 0 Å². The zero-order chi connectivity index (χ0) is 20.5. The van der Waals surface area contributed by atoms with E-state index in [1.54, 1.807) is 18.0 Å². The molecule has 1 saturated heterocycles. The van der Waals surface area contributed by atoms with E-state index in [4.69, 9.17) is 11.6 Å². The Morgan fingerprint density at radius 2 is 1.89 bits per heavy atom.